The highest BCUT2D eigenvalue weighted by Gasteiger charge is 2.19. The summed E-state index contributed by atoms with van der Waals surface area (Å²) in [6.45, 7) is 7.66. The summed E-state index contributed by atoms with van der Waals surface area (Å²) in [6, 6.07) is 10.5. The number of likely N-dealkylation sites (N-methyl/N-ethyl adjacent to an activating group) is 1. The minimum atomic E-state index is -0.0671. The summed E-state index contributed by atoms with van der Waals surface area (Å²) in [6.07, 6.45) is 0. The number of rotatable bonds is 6. The Labute approximate surface area is 127 Å². The van der Waals surface area contributed by atoms with Gasteiger partial charge in [-0.2, -0.15) is 5.26 Å². The largest absolute Gasteiger partial charge is 0.497 e. The highest BCUT2D eigenvalue weighted by molar-refractivity contribution is 5.49. The molecule has 1 aliphatic rings. The van der Waals surface area contributed by atoms with Crippen LogP contribution in [0, 0.1) is 11.3 Å². The molecule has 114 valence electrons. The maximum atomic E-state index is 9.11. The van der Waals surface area contributed by atoms with Crippen LogP contribution in [0.25, 0.3) is 0 Å². The molecule has 1 unspecified atom stereocenters. The molecule has 5 nitrogen and oxygen atoms in total. The van der Waals surface area contributed by atoms with Crippen molar-refractivity contribution >= 4 is 5.69 Å². The Morgan fingerprint density at radius 1 is 1.24 bits per heavy atom. The monoisotopic (exact) mass is 288 g/mol. The second-order valence-corrected chi connectivity index (χ2v) is 5.23. The van der Waals surface area contributed by atoms with Crippen molar-refractivity contribution in [1.29, 1.82) is 5.26 Å². The highest BCUT2D eigenvalue weighted by atomic mass is 16.5. The van der Waals surface area contributed by atoms with Crippen molar-refractivity contribution in [3.05, 3.63) is 24.3 Å². The normalized spacial score (nSPS) is 17.3. The molecule has 0 spiro atoms. The summed E-state index contributed by atoms with van der Waals surface area (Å²) in [7, 11) is 1.68. The fourth-order valence-electron chi connectivity index (χ4n) is 2.64. The van der Waals surface area contributed by atoms with Crippen molar-refractivity contribution in [1.82, 2.24) is 10.2 Å². The van der Waals surface area contributed by atoms with Gasteiger partial charge in [0.2, 0.25) is 0 Å². The van der Waals surface area contributed by atoms with Crippen LogP contribution in [0.3, 0.4) is 0 Å². The van der Waals surface area contributed by atoms with Crippen LogP contribution < -0.4 is 15.0 Å². The molecular formula is C16H24N4O. The molecule has 1 saturated heterocycles. The Morgan fingerprint density at radius 3 is 2.43 bits per heavy atom. The number of hydrogen-bond donors (Lipinski definition) is 1. The van der Waals surface area contributed by atoms with Crippen molar-refractivity contribution in [2.24, 2.45) is 0 Å². The lowest BCUT2D eigenvalue weighted by Crippen LogP contribution is -2.50. The van der Waals surface area contributed by atoms with Gasteiger partial charge in [0.05, 0.1) is 13.2 Å². The topological polar surface area (TPSA) is 51.5 Å². The molecule has 1 atom stereocenters. The van der Waals surface area contributed by atoms with Crippen LogP contribution >= 0.6 is 0 Å². The van der Waals surface area contributed by atoms with E-state index in [0.29, 0.717) is 0 Å². The molecule has 1 aliphatic heterocycles. The van der Waals surface area contributed by atoms with Gasteiger partial charge in [-0.05, 0) is 30.8 Å². The quantitative estimate of drug-likeness (QED) is 0.855. The third kappa shape index (κ3) is 4.35. The second-order valence-electron chi connectivity index (χ2n) is 5.23. The average molecular weight is 288 g/mol. The molecule has 1 N–H and O–H groups in total. The zero-order valence-electron chi connectivity index (χ0n) is 12.9. The predicted octanol–water partition coefficient (Wildman–Crippen LogP) is 1.32. The van der Waals surface area contributed by atoms with Gasteiger partial charge in [-0.25, -0.2) is 0 Å². The molecule has 1 fully saturated rings. The number of nitrogens with one attached hydrogen (secondary N) is 1. The zero-order chi connectivity index (χ0) is 15.1. The van der Waals surface area contributed by atoms with Crippen molar-refractivity contribution in [2.45, 2.75) is 13.0 Å². The van der Waals surface area contributed by atoms with Gasteiger partial charge in [-0.15, -0.1) is 0 Å². The summed E-state index contributed by atoms with van der Waals surface area (Å²) in [5.74, 6) is 0.889. The molecule has 1 aromatic rings. The number of benzene rings is 1. The van der Waals surface area contributed by atoms with E-state index in [1.165, 1.54) is 5.69 Å². The van der Waals surface area contributed by atoms with E-state index in [9.17, 15) is 0 Å². The summed E-state index contributed by atoms with van der Waals surface area (Å²) < 4.78 is 5.19. The van der Waals surface area contributed by atoms with E-state index in [1.54, 1.807) is 7.11 Å². The molecule has 0 amide bonds. The predicted molar refractivity (Wildman–Crippen MR) is 84.7 cm³/mol. The number of methoxy groups -OCH3 is 1. The van der Waals surface area contributed by atoms with E-state index in [-0.39, 0.29) is 6.04 Å². The summed E-state index contributed by atoms with van der Waals surface area (Å²) in [5, 5.41) is 12.3. The highest BCUT2D eigenvalue weighted by Crippen LogP contribution is 2.20. The number of hydrogen-bond acceptors (Lipinski definition) is 5. The average Bonchev–Trinajstić information content (AvgIpc) is 2.55. The van der Waals surface area contributed by atoms with Crippen LogP contribution in [0.2, 0.25) is 0 Å². The number of piperazine rings is 1. The van der Waals surface area contributed by atoms with Crippen LogP contribution in [0.15, 0.2) is 24.3 Å². The van der Waals surface area contributed by atoms with Gasteiger partial charge in [-0.1, -0.05) is 6.92 Å². The van der Waals surface area contributed by atoms with E-state index in [4.69, 9.17) is 10.00 Å². The van der Waals surface area contributed by atoms with Crippen LogP contribution in [-0.2, 0) is 0 Å². The fraction of sp³-hybridized carbons (Fsp3) is 0.562. The number of nitrogens with zero attached hydrogens (tertiary/aromatic N) is 3. The number of anilines is 1. The molecule has 2 rings (SSSR count). The van der Waals surface area contributed by atoms with Crippen LogP contribution in [0.5, 0.6) is 5.75 Å². The van der Waals surface area contributed by atoms with Crippen molar-refractivity contribution in [3.63, 3.8) is 0 Å². The van der Waals surface area contributed by atoms with Crippen molar-refractivity contribution in [2.75, 3.05) is 51.3 Å². The molecular weight excluding hydrogens is 264 g/mol. The molecule has 0 aromatic heterocycles. The zero-order valence-corrected chi connectivity index (χ0v) is 12.9. The fourth-order valence-corrected chi connectivity index (χ4v) is 2.64. The molecule has 0 saturated carbocycles. The van der Waals surface area contributed by atoms with E-state index < -0.39 is 0 Å². The lowest BCUT2D eigenvalue weighted by atomic mass is 10.2. The first kappa shape index (κ1) is 15.6. The van der Waals surface area contributed by atoms with Gasteiger partial charge >= 0.3 is 0 Å². The Hall–Kier alpha value is -1.77. The molecule has 0 radical (unpaired) electrons. The van der Waals surface area contributed by atoms with Gasteiger partial charge < -0.3 is 15.0 Å². The molecule has 0 aliphatic carbocycles. The lowest BCUT2D eigenvalue weighted by Gasteiger charge is -2.36. The second kappa shape index (κ2) is 7.87. The molecule has 5 heteroatoms. The summed E-state index contributed by atoms with van der Waals surface area (Å²) in [4.78, 5) is 4.74. The number of nitriles is 1. The maximum absolute atomic E-state index is 9.11. The van der Waals surface area contributed by atoms with E-state index in [2.05, 4.69) is 33.3 Å². The van der Waals surface area contributed by atoms with Gasteiger partial charge in [0.1, 0.15) is 11.8 Å². The van der Waals surface area contributed by atoms with Crippen LogP contribution in [-0.4, -0.2) is 57.3 Å². The Bertz CT molecular complexity index is 460. The third-order valence-electron chi connectivity index (χ3n) is 3.86. The van der Waals surface area contributed by atoms with Gasteiger partial charge in [-0.3, -0.25) is 4.90 Å². The molecule has 1 aromatic carbocycles. The maximum Gasteiger partial charge on any atom is 0.119 e. The molecule has 1 heterocycles. The van der Waals surface area contributed by atoms with E-state index >= 15 is 0 Å². The van der Waals surface area contributed by atoms with Crippen LogP contribution in [0.1, 0.15) is 6.92 Å². The van der Waals surface area contributed by atoms with Gasteiger partial charge in [0.25, 0.3) is 0 Å². The van der Waals surface area contributed by atoms with E-state index in [0.717, 1.165) is 45.0 Å². The molecule has 0 bridgehead atoms. The smallest absolute Gasteiger partial charge is 0.119 e. The first-order valence-corrected chi connectivity index (χ1v) is 7.51. The molecule has 21 heavy (non-hydrogen) atoms. The Morgan fingerprint density at radius 2 is 1.90 bits per heavy atom. The Kier molecular flexibility index (Phi) is 5.85. The standard InChI is InChI=1S/C16H24N4O/c1-3-18-14(12-17)13-19-8-10-20(11-9-19)15-4-6-16(21-2)7-5-15/h4-7,14,18H,3,8-11,13H2,1-2H3. The first-order valence-electron chi connectivity index (χ1n) is 7.51. The van der Waals surface area contributed by atoms with E-state index in [1.807, 2.05) is 19.1 Å². The third-order valence-corrected chi connectivity index (χ3v) is 3.86. The van der Waals surface area contributed by atoms with Gasteiger partial charge in [0.15, 0.2) is 0 Å². The minimum absolute atomic E-state index is 0.0671. The minimum Gasteiger partial charge on any atom is -0.497 e. The number of ether oxygens (including phenoxy) is 1. The first-order chi connectivity index (χ1) is 10.3. The lowest BCUT2D eigenvalue weighted by molar-refractivity contribution is 0.244. The SMILES string of the molecule is CCNC(C#N)CN1CCN(c2ccc(OC)cc2)CC1. The summed E-state index contributed by atoms with van der Waals surface area (Å²) >= 11 is 0. The van der Waals surface area contributed by atoms with Crippen LogP contribution in [0.4, 0.5) is 5.69 Å². The van der Waals surface area contributed by atoms with Crippen molar-refractivity contribution in [3.8, 4) is 11.8 Å². The Balaban J connectivity index is 1.83. The summed E-state index contributed by atoms with van der Waals surface area (Å²) in [5.41, 5.74) is 1.24. The van der Waals surface area contributed by atoms with Gasteiger partial charge in [0, 0.05) is 38.4 Å². The van der Waals surface area contributed by atoms with Crippen molar-refractivity contribution < 1.29 is 4.74 Å².